The van der Waals surface area contributed by atoms with E-state index >= 15 is 0 Å². The number of hydrogen-bond donors (Lipinski definition) is 1. The van der Waals surface area contributed by atoms with E-state index in [-0.39, 0.29) is 0 Å². The Hall–Kier alpha value is -1.74. The van der Waals surface area contributed by atoms with Crippen molar-refractivity contribution in [3.05, 3.63) is 70.3 Å². The van der Waals surface area contributed by atoms with Crippen molar-refractivity contribution >= 4 is 0 Å². The largest absolute Gasteiger partial charge is 0.320 e. The summed E-state index contributed by atoms with van der Waals surface area (Å²) < 4.78 is 27.1. The van der Waals surface area contributed by atoms with Crippen LogP contribution in [0.3, 0.4) is 0 Å². The van der Waals surface area contributed by atoms with Gasteiger partial charge in [0, 0.05) is 11.6 Å². The van der Waals surface area contributed by atoms with Crippen LogP contribution in [0.4, 0.5) is 8.78 Å². The average molecular weight is 261 g/mol. The Morgan fingerprint density at radius 2 is 1.84 bits per heavy atom. The third-order valence-electron chi connectivity index (χ3n) is 3.33. The molecule has 1 nitrogen and oxygen atoms in total. The lowest BCUT2D eigenvalue weighted by atomic mass is 9.95. The van der Waals surface area contributed by atoms with Gasteiger partial charge in [0.05, 0.1) is 6.04 Å². The summed E-state index contributed by atoms with van der Waals surface area (Å²) in [4.78, 5) is 0. The molecule has 0 saturated carbocycles. The fourth-order valence-corrected chi connectivity index (χ4v) is 2.10. The summed E-state index contributed by atoms with van der Waals surface area (Å²) in [6.07, 6.45) is 0.894. The Morgan fingerprint density at radius 1 is 1.11 bits per heavy atom. The summed E-state index contributed by atoms with van der Waals surface area (Å²) in [5, 5.41) is 0. The first kappa shape index (κ1) is 13.7. The highest BCUT2D eigenvalue weighted by molar-refractivity contribution is 5.36. The Labute approximate surface area is 112 Å². The molecule has 0 heterocycles. The standard InChI is InChI=1S/C16H17F2N/c1-3-11-5-4-6-12(8-11)16(19)13-7-10(2)14(17)9-15(13)18/h4-9,16H,3,19H2,1-2H3. The normalized spacial score (nSPS) is 12.5. The monoisotopic (exact) mass is 261 g/mol. The number of halogens is 2. The molecule has 19 heavy (non-hydrogen) atoms. The van der Waals surface area contributed by atoms with E-state index in [1.807, 2.05) is 31.2 Å². The lowest BCUT2D eigenvalue weighted by molar-refractivity contribution is 0.561. The van der Waals surface area contributed by atoms with Crippen molar-refractivity contribution in [2.24, 2.45) is 5.73 Å². The predicted octanol–water partition coefficient (Wildman–Crippen LogP) is 3.88. The van der Waals surface area contributed by atoms with Gasteiger partial charge in [-0.25, -0.2) is 8.78 Å². The molecule has 0 saturated heterocycles. The predicted molar refractivity (Wildman–Crippen MR) is 72.9 cm³/mol. The molecule has 1 unspecified atom stereocenters. The van der Waals surface area contributed by atoms with Gasteiger partial charge >= 0.3 is 0 Å². The number of rotatable bonds is 3. The maximum absolute atomic E-state index is 13.8. The SMILES string of the molecule is CCc1cccc(C(N)c2cc(C)c(F)cc2F)c1. The van der Waals surface area contributed by atoms with Crippen molar-refractivity contribution in [3.8, 4) is 0 Å². The topological polar surface area (TPSA) is 26.0 Å². The Morgan fingerprint density at radius 3 is 2.53 bits per heavy atom. The molecule has 0 aliphatic rings. The molecule has 3 heteroatoms. The maximum Gasteiger partial charge on any atom is 0.131 e. The van der Waals surface area contributed by atoms with E-state index in [2.05, 4.69) is 0 Å². The van der Waals surface area contributed by atoms with E-state index in [1.165, 1.54) is 6.07 Å². The van der Waals surface area contributed by atoms with Crippen molar-refractivity contribution < 1.29 is 8.78 Å². The molecule has 2 N–H and O–H groups in total. The molecule has 0 spiro atoms. The summed E-state index contributed by atoms with van der Waals surface area (Å²) in [6, 6.07) is 9.53. The highest BCUT2D eigenvalue weighted by Gasteiger charge is 2.16. The molecule has 0 bridgehead atoms. The van der Waals surface area contributed by atoms with Crippen molar-refractivity contribution in [3.63, 3.8) is 0 Å². The molecule has 0 radical (unpaired) electrons. The quantitative estimate of drug-likeness (QED) is 0.891. The first-order chi connectivity index (χ1) is 9.02. The molecule has 100 valence electrons. The van der Waals surface area contributed by atoms with Gasteiger partial charge < -0.3 is 5.73 Å². The van der Waals surface area contributed by atoms with Crippen LogP contribution in [-0.2, 0) is 6.42 Å². The third-order valence-corrected chi connectivity index (χ3v) is 3.33. The van der Waals surface area contributed by atoms with E-state index in [4.69, 9.17) is 5.73 Å². The van der Waals surface area contributed by atoms with Gasteiger partial charge in [0.2, 0.25) is 0 Å². The van der Waals surface area contributed by atoms with E-state index in [9.17, 15) is 8.78 Å². The van der Waals surface area contributed by atoms with Gasteiger partial charge in [0.1, 0.15) is 11.6 Å². The third kappa shape index (κ3) is 2.82. The number of nitrogens with two attached hydrogens (primary N) is 1. The molecule has 0 aliphatic carbocycles. The summed E-state index contributed by atoms with van der Waals surface area (Å²) in [5.74, 6) is -1.15. The first-order valence-electron chi connectivity index (χ1n) is 6.33. The van der Waals surface area contributed by atoms with E-state index in [0.29, 0.717) is 11.1 Å². The molecule has 2 rings (SSSR count). The van der Waals surface area contributed by atoms with Crippen LogP contribution in [0.5, 0.6) is 0 Å². The highest BCUT2D eigenvalue weighted by Crippen LogP contribution is 2.25. The smallest absolute Gasteiger partial charge is 0.131 e. The molecular formula is C16H17F2N. The summed E-state index contributed by atoms with van der Waals surface area (Å²) in [6.45, 7) is 3.65. The van der Waals surface area contributed by atoms with Crippen LogP contribution in [0.1, 0.15) is 35.2 Å². The summed E-state index contributed by atoms with van der Waals surface area (Å²) >= 11 is 0. The zero-order valence-electron chi connectivity index (χ0n) is 11.1. The van der Waals surface area contributed by atoms with Crippen LogP contribution in [0.2, 0.25) is 0 Å². The van der Waals surface area contributed by atoms with E-state index in [0.717, 1.165) is 23.6 Å². The number of benzene rings is 2. The van der Waals surface area contributed by atoms with Crippen LogP contribution in [0, 0.1) is 18.6 Å². The zero-order valence-corrected chi connectivity index (χ0v) is 11.1. The Bertz CT molecular complexity index is 593. The molecule has 1 atom stereocenters. The molecule has 0 fully saturated rings. The molecule has 0 aromatic heterocycles. The molecule has 2 aromatic rings. The van der Waals surface area contributed by atoms with Gasteiger partial charge in [0.15, 0.2) is 0 Å². The van der Waals surface area contributed by atoms with Gasteiger partial charge in [-0.1, -0.05) is 31.2 Å². The van der Waals surface area contributed by atoms with Crippen molar-refractivity contribution in [2.45, 2.75) is 26.3 Å². The highest BCUT2D eigenvalue weighted by atomic mass is 19.1. The van der Waals surface area contributed by atoms with E-state index < -0.39 is 17.7 Å². The first-order valence-corrected chi connectivity index (χ1v) is 6.33. The van der Waals surface area contributed by atoms with Crippen molar-refractivity contribution in [1.29, 1.82) is 0 Å². The number of aryl methyl sites for hydroxylation is 2. The van der Waals surface area contributed by atoms with Crippen molar-refractivity contribution in [1.82, 2.24) is 0 Å². The summed E-state index contributed by atoms with van der Waals surface area (Å²) in [7, 11) is 0. The molecular weight excluding hydrogens is 244 g/mol. The fourth-order valence-electron chi connectivity index (χ4n) is 2.10. The minimum absolute atomic E-state index is 0.326. The Balaban J connectivity index is 2.43. The van der Waals surface area contributed by atoms with Gasteiger partial charge in [-0.15, -0.1) is 0 Å². The van der Waals surface area contributed by atoms with E-state index in [1.54, 1.807) is 6.92 Å². The van der Waals surface area contributed by atoms with Crippen LogP contribution < -0.4 is 5.73 Å². The van der Waals surface area contributed by atoms with Gasteiger partial charge in [0.25, 0.3) is 0 Å². The van der Waals surface area contributed by atoms with Gasteiger partial charge in [-0.2, -0.15) is 0 Å². The second kappa shape index (κ2) is 5.49. The summed E-state index contributed by atoms with van der Waals surface area (Å²) in [5.41, 5.74) is 8.81. The average Bonchev–Trinajstić information content (AvgIpc) is 2.42. The fraction of sp³-hybridized carbons (Fsp3) is 0.250. The molecule has 2 aromatic carbocycles. The van der Waals surface area contributed by atoms with Crippen LogP contribution >= 0.6 is 0 Å². The lowest BCUT2D eigenvalue weighted by Crippen LogP contribution is -2.14. The van der Waals surface area contributed by atoms with Crippen molar-refractivity contribution in [2.75, 3.05) is 0 Å². The maximum atomic E-state index is 13.8. The van der Waals surface area contributed by atoms with Crippen LogP contribution in [-0.4, -0.2) is 0 Å². The van der Waals surface area contributed by atoms with Crippen LogP contribution in [0.15, 0.2) is 36.4 Å². The second-order valence-electron chi connectivity index (χ2n) is 4.70. The minimum atomic E-state index is -0.600. The molecule has 0 aliphatic heterocycles. The number of hydrogen-bond acceptors (Lipinski definition) is 1. The minimum Gasteiger partial charge on any atom is -0.320 e. The van der Waals surface area contributed by atoms with Crippen LogP contribution in [0.25, 0.3) is 0 Å². The zero-order chi connectivity index (χ0) is 14.0. The Kier molecular flexibility index (Phi) is 3.96. The van der Waals surface area contributed by atoms with Gasteiger partial charge in [-0.3, -0.25) is 0 Å². The van der Waals surface area contributed by atoms with Gasteiger partial charge in [-0.05, 0) is 36.1 Å². The second-order valence-corrected chi connectivity index (χ2v) is 4.70. The molecule has 0 amide bonds. The lowest BCUT2D eigenvalue weighted by Gasteiger charge is -2.15.